The number of aromatic nitrogens is 2. The first-order valence-electron chi connectivity index (χ1n) is 9.73. The molecule has 0 radical (unpaired) electrons. The number of pyridine rings is 1. The maximum atomic E-state index is 13.4. The summed E-state index contributed by atoms with van der Waals surface area (Å²) < 4.78 is 6.42. The second-order valence-corrected chi connectivity index (χ2v) is 8.14. The third-order valence-corrected chi connectivity index (χ3v) is 5.35. The summed E-state index contributed by atoms with van der Waals surface area (Å²) in [6, 6.07) is 22.8. The summed E-state index contributed by atoms with van der Waals surface area (Å²) in [5.74, 6) is 0.812. The van der Waals surface area contributed by atoms with Crippen molar-refractivity contribution < 1.29 is 9.32 Å². The maximum Gasteiger partial charge on any atom is 0.281 e. The first-order chi connectivity index (χ1) is 15.0. The Morgan fingerprint density at radius 3 is 2.39 bits per heavy atom. The molecule has 0 fully saturated rings. The zero-order valence-corrected chi connectivity index (χ0v) is 18.8. The van der Waals surface area contributed by atoms with Crippen LogP contribution in [0.25, 0.3) is 11.3 Å². The number of benzene rings is 2. The summed E-state index contributed by atoms with van der Waals surface area (Å²) in [5.41, 5.74) is 3.16. The van der Waals surface area contributed by atoms with E-state index < -0.39 is 0 Å². The highest BCUT2D eigenvalue weighted by Gasteiger charge is 2.23. The van der Waals surface area contributed by atoms with Crippen molar-refractivity contribution in [1.82, 2.24) is 10.1 Å². The number of halogens is 1. The fraction of sp³-hybridized carbons (Fsp3) is 0.125. The zero-order valence-electron chi connectivity index (χ0n) is 17.2. The Balaban J connectivity index is 1.62. The van der Waals surface area contributed by atoms with E-state index in [-0.39, 0.29) is 11.6 Å². The minimum Gasteiger partial charge on any atom is -0.378 e. The monoisotopic (exact) mass is 476 g/mol. The minimum atomic E-state index is -0.275. The number of rotatable bonds is 6. The molecular weight excluding hydrogens is 456 g/mol. The molecule has 0 unspecified atom stereocenters. The van der Waals surface area contributed by atoms with Crippen molar-refractivity contribution in [2.45, 2.75) is 6.54 Å². The van der Waals surface area contributed by atoms with Gasteiger partial charge in [-0.25, -0.2) is 4.98 Å². The molecule has 0 saturated carbocycles. The number of hydrogen-bond donors (Lipinski definition) is 0. The summed E-state index contributed by atoms with van der Waals surface area (Å²) >= 11 is 3.42. The van der Waals surface area contributed by atoms with Gasteiger partial charge < -0.3 is 9.42 Å². The second kappa shape index (κ2) is 9.14. The SMILES string of the molecule is CN(C)c1ccc(CN(C(=O)c2cc(-c3ccc(Br)cc3)on2)c2ccccn2)cc1. The number of anilines is 2. The average molecular weight is 477 g/mol. The van der Waals surface area contributed by atoms with Crippen molar-refractivity contribution in [1.29, 1.82) is 0 Å². The van der Waals surface area contributed by atoms with Crippen LogP contribution in [0.5, 0.6) is 0 Å². The molecule has 0 bridgehead atoms. The number of nitrogens with zero attached hydrogens (tertiary/aromatic N) is 4. The van der Waals surface area contributed by atoms with Crippen LogP contribution >= 0.6 is 15.9 Å². The zero-order chi connectivity index (χ0) is 21.8. The molecule has 0 atom stereocenters. The van der Waals surface area contributed by atoms with E-state index in [1.54, 1.807) is 17.2 Å². The summed E-state index contributed by atoms with van der Waals surface area (Å²) in [6.45, 7) is 0.365. The van der Waals surface area contributed by atoms with Crippen LogP contribution in [-0.2, 0) is 6.54 Å². The summed E-state index contributed by atoms with van der Waals surface area (Å²) in [6.07, 6.45) is 1.67. The molecule has 2 heterocycles. The van der Waals surface area contributed by atoms with Crippen molar-refractivity contribution >= 4 is 33.3 Å². The molecule has 31 heavy (non-hydrogen) atoms. The van der Waals surface area contributed by atoms with E-state index in [9.17, 15) is 4.79 Å². The van der Waals surface area contributed by atoms with Crippen LogP contribution in [0.2, 0.25) is 0 Å². The fourth-order valence-corrected chi connectivity index (χ4v) is 3.38. The Kier molecular flexibility index (Phi) is 6.13. The lowest BCUT2D eigenvalue weighted by atomic mass is 10.1. The molecule has 0 spiro atoms. The van der Waals surface area contributed by atoms with Gasteiger partial charge in [0.1, 0.15) is 5.82 Å². The summed E-state index contributed by atoms with van der Waals surface area (Å²) in [4.78, 5) is 21.4. The van der Waals surface area contributed by atoms with Crippen molar-refractivity contribution in [3.05, 3.63) is 94.7 Å². The molecule has 2 aromatic heterocycles. The van der Waals surface area contributed by atoms with Crippen molar-refractivity contribution in [3.63, 3.8) is 0 Å². The molecule has 0 N–H and O–H groups in total. The minimum absolute atomic E-state index is 0.230. The lowest BCUT2D eigenvalue weighted by Gasteiger charge is -2.21. The van der Waals surface area contributed by atoms with Gasteiger partial charge in [0.25, 0.3) is 5.91 Å². The molecule has 2 aromatic carbocycles. The van der Waals surface area contributed by atoms with Gasteiger partial charge in [0, 0.05) is 42.1 Å². The van der Waals surface area contributed by atoms with Gasteiger partial charge in [-0.2, -0.15) is 0 Å². The molecule has 7 heteroatoms. The predicted octanol–water partition coefficient (Wildman–Crippen LogP) is 5.41. The smallest absolute Gasteiger partial charge is 0.281 e. The number of amides is 1. The Labute approximate surface area is 189 Å². The molecule has 0 aliphatic heterocycles. The van der Waals surface area contributed by atoms with Crippen molar-refractivity contribution in [3.8, 4) is 11.3 Å². The average Bonchev–Trinajstić information content (AvgIpc) is 3.29. The topological polar surface area (TPSA) is 62.5 Å². The van der Waals surface area contributed by atoms with Gasteiger partial charge in [-0.3, -0.25) is 9.69 Å². The molecule has 0 aliphatic carbocycles. The number of carbonyl (C=O) groups excluding carboxylic acids is 1. The molecule has 0 aliphatic rings. The predicted molar refractivity (Wildman–Crippen MR) is 125 cm³/mol. The summed E-state index contributed by atoms with van der Waals surface area (Å²) in [5, 5.41) is 4.03. The highest BCUT2D eigenvalue weighted by molar-refractivity contribution is 9.10. The lowest BCUT2D eigenvalue weighted by molar-refractivity contribution is 0.0975. The van der Waals surface area contributed by atoms with Gasteiger partial charge in [-0.1, -0.05) is 51.4 Å². The van der Waals surface area contributed by atoms with Crippen LogP contribution in [-0.4, -0.2) is 30.1 Å². The van der Waals surface area contributed by atoms with E-state index in [2.05, 4.69) is 26.1 Å². The van der Waals surface area contributed by atoms with Gasteiger partial charge in [-0.15, -0.1) is 0 Å². The largest absolute Gasteiger partial charge is 0.378 e. The normalized spacial score (nSPS) is 10.7. The van der Waals surface area contributed by atoms with Crippen LogP contribution in [0.1, 0.15) is 16.1 Å². The van der Waals surface area contributed by atoms with E-state index in [1.807, 2.05) is 85.7 Å². The van der Waals surface area contributed by atoms with Gasteiger partial charge in [0.05, 0.1) is 6.54 Å². The lowest BCUT2D eigenvalue weighted by Crippen LogP contribution is -2.31. The van der Waals surface area contributed by atoms with Crippen LogP contribution in [0.15, 0.2) is 88.0 Å². The number of carbonyl (C=O) groups is 1. The Morgan fingerprint density at radius 1 is 1.00 bits per heavy atom. The molecule has 6 nitrogen and oxygen atoms in total. The van der Waals surface area contributed by atoms with Gasteiger partial charge in [-0.05, 0) is 42.0 Å². The van der Waals surface area contributed by atoms with Gasteiger partial charge in [0.2, 0.25) is 0 Å². The van der Waals surface area contributed by atoms with Crippen molar-refractivity contribution in [2.24, 2.45) is 0 Å². The number of hydrogen-bond acceptors (Lipinski definition) is 5. The van der Waals surface area contributed by atoms with Crippen LogP contribution in [0.3, 0.4) is 0 Å². The second-order valence-electron chi connectivity index (χ2n) is 7.22. The molecular formula is C24H21BrN4O2. The summed E-state index contributed by atoms with van der Waals surface area (Å²) in [7, 11) is 3.98. The van der Waals surface area contributed by atoms with Crippen LogP contribution in [0.4, 0.5) is 11.5 Å². The van der Waals surface area contributed by atoms with Crippen LogP contribution in [0, 0.1) is 0 Å². The molecule has 1 amide bonds. The Morgan fingerprint density at radius 2 is 1.74 bits per heavy atom. The Bertz CT molecular complexity index is 1160. The molecule has 0 saturated heterocycles. The highest BCUT2D eigenvalue weighted by atomic mass is 79.9. The van der Waals surface area contributed by atoms with Crippen LogP contribution < -0.4 is 9.80 Å². The third-order valence-electron chi connectivity index (χ3n) is 4.82. The van der Waals surface area contributed by atoms with Crippen molar-refractivity contribution in [2.75, 3.05) is 23.9 Å². The maximum absolute atomic E-state index is 13.4. The third kappa shape index (κ3) is 4.83. The van der Waals surface area contributed by atoms with E-state index in [0.717, 1.165) is 21.3 Å². The van der Waals surface area contributed by atoms with Gasteiger partial charge in [0.15, 0.2) is 11.5 Å². The first kappa shape index (κ1) is 20.8. The van der Waals surface area contributed by atoms with Gasteiger partial charge >= 0.3 is 0 Å². The molecule has 156 valence electrons. The first-order valence-corrected chi connectivity index (χ1v) is 10.5. The standard InChI is InChI=1S/C24H21BrN4O2/c1-28(2)20-12-6-17(7-13-20)16-29(23-5-3-4-14-26-23)24(30)21-15-22(31-27-21)18-8-10-19(25)11-9-18/h3-15H,16H2,1-2H3. The highest BCUT2D eigenvalue weighted by Crippen LogP contribution is 2.25. The van der Waals surface area contributed by atoms with E-state index in [1.165, 1.54) is 0 Å². The Hall–Kier alpha value is -3.45. The molecule has 4 rings (SSSR count). The van der Waals surface area contributed by atoms with E-state index in [0.29, 0.717) is 18.1 Å². The fourth-order valence-electron chi connectivity index (χ4n) is 3.12. The van der Waals surface area contributed by atoms with E-state index in [4.69, 9.17) is 4.52 Å². The quantitative estimate of drug-likeness (QED) is 0.372. The van der Waals surface area contributed by atoms with E-state index >= 15 is 0 Å². The molecule has 4 aromatic rings.